The van der Waals surface area contributed by atoms with Crippen LogP contribution in [0, 0.1) is 0 Å². The number of urea groups is 1. The summed E-state index contributed by atoms with van der Waals surface area (Å²) in [5.41, 5.74) is 1.26. The van der Waals surface area contributed by atoms with E-state index < -0.39 is 9.84 Å². The first-order valence-corrected chi connectivity index (χ1v) is 10.8. The molecule has 2 aliphatic rings. The summed E-state index contributed by atoms with van der Waals surface area (Å²) in [4.78, 5) is 16.4. The fourth-order valence-corrected chi connectivity index (χ4v) is 5.09. The molecule has 0 radical (unpaired) electrons. The van der Waals surface area contributed by atoms with E-state index in [1.165, 1.54) is 5.56 Å². The smallest absolute Gasteiger partial charge is 0.317 e. The summed E-state index contributed by atoms with van der Waals surface area (Å²) in [7, 11) is -2.97. The molecule has 138 valence electrons. The largest absolute Gasteiger partial charge is 0.334 e. The van der Waals surface area contributed by atoms with E-state index in [4.69, 9.17) is 11.6 Å². The minimum Gasteiger partial charge on any atom is -0.334 e. The molecule has 3 rings (SSSR count). The number of amides is 2. The van der Waals surface area contributed by atoms with Crippen molar-refractivity contribution in [1.29, 1.82) is 0 Å². The average molecular weight is 386 g/mol. The number of hydrogen-bond donors (Lipinski definition) is 1. The topological polar surface area (TPSA) is 69.7 Å². The molecule has 0 saturated carbocycles. The van der Waals surface area contributed by atoms with E-state index in [2.05, 4.69) is 10.2 Å². The highest BCUT2D eigenvalue weighted by atomic mass is 35.5. The lowest BCUT2D eigenvalue weighted by Gasteiger charge is -2.35. The average Bonchev–Trinajstić information content (AvgIpc) is 2.93. The Bertz CT molecular complexity index is 700. The molecule has 1 unspecified atom stereocenters. The molecule has 0 aromatic heterocycles. The maximum atomic E-state index is 12.3. The van der Waals surface area contributed by atoms with E-state index in [-0.39, 0.29) is 23.6 Å². The second kappa shape index (κ2) is 7.93. The number of nitrogens with one attached hydrogen (secondary N) is 1. The Balaban J connectivity index is 1.39. The Hall–Kier alpha value is -1.31. The van der Waals surface area contributed by atoms with E-state index in [9.17, 15) is 13.2 Å². The Labute approximate surface area is 154 Å². The molecule has 1 aromatic rings. The van der Waals surface area contributed by atoms with E-state index in [0.29, 0.717) is 19.5 Å². The Kier molecular flexibility index (Phi) is 5.86. The first-order chi connectivity index (χ1) is 11.9. The van der Waals surface area contributed by atoms with Crippen molar-refractivity contribution in [2.45, 2.75) is 18.9 Å². The van der Waals surface area contributed by atoms with Crippen molar-refractivity contribution in [3.63, 3.8) is 0 Å². The van der Waals surface area contributed by atoms with Gasteiger partial charge in [0.1, 0.15) is 0 Å². The highest BCUT2D eigenvalue weighted by molar-refractivity contribution is 7.91. The zero-order valence-electron chi connectivity index (χ0n) is 14.2. The second-order valence-corrected chi connectivity index (χ2v) is 9.42. The van der Waals surface area contributed by atoms with Crippen LogP contribution < -0.4 is 5.32 Å². The summed E-state index contributed by atoms with van der Waals surface area (Å²) in [6.45, 7) is 3.98. The molecule has 25 heavy (non-hydrogen) atoms. The first kappa shape index (κ1) is 18.5. The van der Waals surface area contributed by atoms with Gasteiger partial charge in [-0.15, -0.1) is 0 Å². The predicted molar refractivity (Wildman–Crippen MR) is 98.8 cm³/mol. The molecule has 2 amide bonds. The molecule has 0 aliphatic carbocycles. The third-order valence-corrected chi connectivity index (χ3v) is 6.87. The number of carbonyl (C=O) groups is 1. The molecule has 2 heterocycles. The van der Waals surface area contributed by atoms with Gasteiger partial charge in [0.2, 0.25) is 0 Å². The summed E-state index contributed by atoms with van der Waals surface area (Å²) in [6.07, 6.45) is 1.48. The van der Waals surface area contributed by atoms with Crippen LogP contribution in [0.25, 0.3) is 0 Å². The van der Waals surface area contributed by atoms with Gasteiger partial charge in [-0.3, -0.25) is 4.90 Å². The molecular weight excluding hydrogens is 362 g/mol. The Morgan fingerprint density at radius 2 is 1.84 bits per heavy atom. The normalized spacial score (nSPS) is 23.6. The number of sulfone groups is 1. The maximum absolute atomic E-state index is 12.3. The molecule has 2 fully saturated rings. The van der Waals surface area contributed by atoms with Crippen LogP contribution in [-0.4, -0.2) is 74.5 Å². The van der Waals surface area contributed by atoms with E-state index >= 15 is 0 Å². The molecule has 0 bridgehead atoms. The second-order valence-electron chi connectivity index (χ2n) is 6.75. The molecule has 0 spiro atoms. The molecular formula is C17H24ClN3O3S. The van der Waals surface area contributed by atoms with Gasteiger partial charge in [-0.2, -0.15) is 0 Å². The first-order valence-electron chi connectivity index (χ1n) is 8.64. The van der Waals surface area contributed by atoms with Crippen LogP contribution in [-0.2, 0) is 16.3 Å². The van der Waals surface area contributed by atoms with Crippen molar-refractivity contribution in [3.05, 3.63) is 34.9 Å². The molecule has 6 nitrogen and oxygen atoms in total. The number of halogens is 1. The Morgan fingerprint density at radius 3 is 2.44 bits per heavy atom. The van der Waals surface area contributed by atoms with Gasteiger partial charge >= 0.3 is 6.03 Å². The summed E-state index contributed by atoms with van der Waals surface area (Å²) in [5.74, 6) is 0.246. The third-order valence-electron chi connectivity index (χ3n) is 4.85. The van der Waals surface area contributed by atoms with Gasteiger partial charge in [-0.05, 0) is 30.5 Å². The van der Waals surface area contributed by atoms with Crippen molar-refractivity contribution in [1.82, 2.24) is 15.1 Å². The predicted octanol–water partition coefficient (Wildman–Crippen LogP) is 1.40. The van der Waals surface area contributed by atoms with Gasteiger partial charge < -0.3 is 10.2 Å². The van der Waals surface area contributed by atoms with Crippen molar-refractivity contribution in [3.8, 4) is 0 Å². The van der Waals surface area contributed by atoms with Crippen LogP contribution in [0.3, 0.4) is 0 Å². The van der Waals surface area contributed by atoms with E-state index in [1.807, 2.05) is 24.3 Å². The maximum Gasteiger partial charge on any atom is 0.317 e. The summed E-state index contributed by atoms with van der Waals surface area (Å²) < 4.78 is 22.9. The highest BCUT2D eigenvalue weighted by Gasteiger charge is 2.30. The van der Waals surface area contributed by atoms with Crippen LogP contribution in [0.15, 0.2) is 24.3 Å². The zero-order valence-corrected chi connectivity index (χ0v) is 15.7. The lowest BCUT2D eigenvalue weighted by Crippen LogP contribution is -2.53. The molecule has 8 heteroatoms. The molecule has 1 N–H and O–H groups in total. The quantitative estimate of drug-likeness (QED) is 0.850. The van der Waals surface area contributed by atoms with Crippen molar-refractivity contribution in [2.24, 2.45) is 0 Å². The number of benzene rings is 1. The van der Waals surface area contributed by atoms with Crippen molar-refractivity contribution in [2.75, 3.05) is 44.2 Å². The van der Waals surface area contributed by atoms with E-state index in [0.717, 1.165) is 31.1 Å². The van der Waals surface area contributed by atoms with Gasteiger partial charge in [0, 0.05) is 43.8 Å². The van der Waals surface area contributed by atoms with Crippen LogP contribution >= 0.6 is 11.6 Å². The Morgan fingerprint density at radius 1 is 1.16 bits per heavy atom. The van der Waals surface area contributed by atoms with Gasteiger partial charge in [0.25, 0.3) is 0 Å². The summed E-state index contributed by atoms with van der Waals surface area (Å²) in [5, 5.41) is 3.61. The molecule has 1 atom stereocenters. The third kappa shape index (κ3) is 5.33. The zero-order chi connectivity index (χ0) is 17.9. The minimum absolute atomic E-state index is 0.0692. The fraction of sp³-hybridized carbons (Fsp3) is 0.588. The lowest BCUT2D eigenvalue weighted by molar-refractivity contribution is 0.138. The van der Waals surface area contributed by atoms with Gasteiger partial charge in [0.05, 0.1) is 11.5 Å². The van der Waals surface area contributed by atoms with Gasteiger partial charge in [-0.1, -0.05) is 23.7 Å². The van der Waals surface area contributed by atoms with Crippen molar-refractivity contribution < 1.29 is 13.2 Å². The van der Waals surface area contributed by atoms with Crippen LogP contribution in [0.1, 0.15) is 12.0 Å². The number of rotatable bonds is 4. The highest BCUT2D eigenvalue weighted by Crippen LogP contribution is 2.13. The number of nitrogens with zero attached hydrogens (tertiary/aromatic N) is 2. The van der Waals surface area contributed by atoms with E-state index in [1.54, 1.807) is 4.90 Å². The van der Waals surface area contributed by atoms with Crippen LogP contribution in [0.5, 0.6) is 0 Å². The SMILES string of the molecule is O=C(NC1CCS(=O)(=O)C1)N1CCN(CCc2ccc(Cl)cc2)CC1. The summed E-state index contributed by atoms with van der Waals surface area (Å²) in [6, 6.07) is 7.52. The standard InChI is InChI=1S/C17H24ClN3O3S/c18-15-3-1-14(2-4-15)5-7-20-8-10-21(11-9-20)17(22)19-16-6-12-25(23,24)13-16/h1-4,16H,5-13H2,(H,19,22). The van der Waals surface area contributed by atoms with Crippen LogP contribution in [0.4, 0.5) is 4.79 Å². The number of carbonyl (C=O) groups excluding carboxylic acids is 1. The van der Waals surface area contributed by atoms with Crippen molar-refractivity contribution >= 4 is 27.5 Å². The minimum atomic E-state index is -2.97. The monoisotopic (exact) mass is 385 g/mol. The number of hydrogen-bond acceptors (Lipinski definition) is 4. The molecule has 2 saturated heterocycles. The van der Waals surface area contributed by atoms with Gasteiger partial charge in [-0.25, -0.2) is 13.2 Å². The summed E-state index contributed by atoms with van der Waals surface area (Å²) >= 11 is 5.90. The molecule has 2 aliphatic heterocycles. The van der Waals surface area contributed by atoms with Crippen LogP contribution in [0.2, 0.25) is 5.02 Å². The number of piperazine rings is 1. The molecule has 1 aromatic carbocycles. The van der Waals surface area contributed by atoms with Gasteiger partial charge in [0.15, 0.2) is 9.84 Å². The fourth-order valence-electron chi connectivity index (χ4n) is 3.29. The lowest BCUT2D eigenvalue weighted by atomic mass is 10.1.